The van der Waals surface area contributed by atoms with Gasteiger partial charge in [-0.3, -0.25) is 0 Å². The van der Waals surface area contributed by atoms with Crippen LogP contribution in [0.2, 0.25) is 0 Å². The normalized spacial score (nSPS) is 27.2. The van der Waals surface area contributed by atoms with E-state index in [2.05, 4.69) is 32.9 Å². The second-order valence-electron chi connectivity index (χ2n) is 5.01. The lowest BCUT2D eigenvalue weighted by atomic mass is 9.71. The Balaban J connectivity index is 2.14. The molecule has 0 radical (unpaired) electrons. The Morgan fingerprint density at radius 1 is 1.25 bits per heavy atom. The minimum absolute atomic E-state index is 0.225. The van der Waals surface area contributed by atoms with Crippen LogP contribution in [-0.4, -0.2) is 13.2 Å². The van der Waals surface area contributed by atoms with Crippen LogP contribution in [0.3, 0.4) is 0 Å². The maximum absolute atomic E-state index is 5.92. The van der Waals surface area contributed by atoms with Crippen molar-refractivity contribution in [2.45, 2.75) is 39.4 Å². The van der Waals surface area contributed by atoms with Gasteiger partial charge in [0.25, 0.3) is 0 Å². The van der Waals surface area contributed by atoms with Crippen LogP contribution in [0.4, 0.5) is 0 Å². The Hall–Kier alpha value is -1.02. The fraction of sp³-hybridized carbons (Fsp3) is 0.571. The van der Waals surface area contributed by atoms with Gasteiger partial charge in [0.1, 0.15) is 5.75 Å². The summed E-state index contributed by atoms with van der Waals surface area (Å²) in [6.07, 6.45) is 1.70. The van der Waals surface area contributed by atoms with E-state index in [0.29, 0.717) is 6.10 Å². The van der Waals surface area contributed by atoms with Crippen LogP contribution in [0.1, 0.15) is 38.9 Å². The smallest absolute Gasteiger partial charge is 0.118 e. The van der Waals surface area contributed by atoms with Crippen LogP contribution in [0.15, 0.2) is 24.3 Å². The molecule has 1 fully saturated rings. The Morgan fingerprint density at radius 3 is 2.31 bits per heavy atom. The molecule has 0 spiro atoms. The first-order valence-electron chi connectivity index (χ1n) is 5.89. The molecule has 2 unspecified atom stereocenters. The zero-order valence-corrected chi connectivity index (χ0v) is 10.5. The summed E-state index contributed by atoms with van der Waals surface area (Å²) in [5.74, 6) is 0.896. The van der Waals surface area contributed by atoms with Crippen molar-refractivity contribution in [1.82, 2.24) is 0 Å². The molecule has 0 aromatic heterocycles. The highest BCUT2D eigenvalue weighted by Crippen LogP contribution is 2.52. The van der Waals surface area contributed by atoms with Gasteiger partial charge in [0.2, 0.25) is 0 Å². The fourth-order valence-electron chi connectivity index (χ4n) is 2.52. The van der Waals surface area contributed by atoms with E-state index in [1.54, 1.807) is 7.11 Å². The van der Waals surface area contributed by atoms with E-state index < -0.39 is 0 Å². The molecule has 1 saturated heterocycles. The first-order chi connectivity index (χ1) is 7.59. The quantitative estimate of drug-likeness (QED) is 0.775. The zero-order valence-electron chi connectivity index (χ0n) is 10.5. The third-order valence-electron chi connectivity index (χ3n) is 3.60. The monoisotopic (exact) mass is 220 g/mol. The van der Waals surface area contributed by atoms with Crippen LogP contribution in [0.25, 0.3) is 0 Å². The molecule has 2 heteroatoms. The van der Waals surface area contributed by atoms with Gasteiger partial charge < -0.3 is 9.47 Å². The molecule has 0 N–H and O–H groups in total. The molecule has 0 amide bonds. The summed E-state index contributed by atoms with van der Waals surface area (Å²) >= 11 is 0. The van der Waals surface area contributed by atoms with Crippen molar-refractivity contribution in [3.63, 3.8) is 0 Å². The molecule has 2 rings (SSSR count). The van der Waals surface area contributed by atoms with Gasteiger partial charge in [-0.15, -0.1) is 0 Å². The third-order valence-corrected chi connectivity index (χ3v) is 3.60. The van der Waals surface area contributed by atoms with Crippen LogP contribution in [0, 0.1) is 5.41 Å². The minimum Gasteiger partial charge on any atom is -0.497 e. The predicted octanol–water partition coefficient (Wildman–Crippen LogP) is 3.57. The average Bonchev–Trinajstić information content (AvgIpc) is 2.29. The molecular formula is C14H20O2. The van der Waals surface area contributed by atoms with Gasteiger partial charge in [0, 0.05) is 5.41 Å². The SMILES string of the molecule is CCC1OC(c2ccc(OC)cc2)C1(C)C. The molecule has 1 heterocycles. The predicted molar refractivity (Wildman–Crippen MR) is 64.7 cm³/mol. The highest BCUT2D eigenvalue weighted by Gasteiger charge is 2.49. The van der Waals surface area contributed by atoms with E-state index in [4.69, 9.17) is 9.47 Å². The van der Waals surface area contributed by atoms with E-state index >= 15 is 0 Å². The first-order valence-corrected chi connectivity index (χ1v) is 5.89. The van der Waals surface area contributed by atoms with Gasteiger partial charge in [0.15, 0.2) is 0 Å². The highest BCUT2D eigenvalue weighted by molar-refractivity contribution is 5.30. The molecule has 88 valence electrons. The van der Waals surface area contributed by atoms with Gasteiger partial charge in [-0.25, -0.2) is 0 Å². The summed E-state index contributed by atoms with van der Waals surface area (Å²) in [6, 6.07) is 8.18. The lowest BCUT2D eigenvalue weighted by Crippen LogP contribution is -2.49. The third kappa shape index (κ3) is 1.71. The molecule has 1 aromatic carbocycles. The highest BCUT2D eigenvalue weighted by atomic mass is 16.5. The first kappa shape index (κ1) is 11.5. The lowest BCUT2D eigenvalue weighted by molar-refractivity contribution is -0.239. The Labute approximate surface area is 97.6 Å². The van der Waals surface area contributed by atoms with Crippen LogP contribution < -0.4 is 4.74 Å². The van der Waals surface area contributed by atoms with Crippen molar-refractivity contribution in [1.29, 1.82) is 0 Å². The largest absolute Gasteiger partial charge is 0.497 e. The minimum atomic E-state index is 0.225. The van der Waals surface area contributed by atoms with E-state index in [0.717, 1.165) is 12.2 Å². The molecule has 1 aromatic rings. The fourth-order valence-corrected chi connectivity index (χ4v) is 2.52. The van der Waals surface area contributed by atoms with E-state index in [1.165, 1.54) is 5.56 Å². The summed E-state index contributed by atoms with van der Waals surface area (Å²) in [6.45, 7) is 6.73. The molecule has 2 atom stereocenters. The van der Waals surface area contributed by atoms with Crippen molar-refractivity contribution < 1.29 is 9.47 Å². The van der Waals surface area contributed by atoms with Gasteiger partial charge in [0.05, 0.1) is 19.3 Å². The second-order valence-corrected chi connectivity index (χ2v) is 5.01. The van der Waals surface area contributed by atoms with E-state index in [1.807, 2.05) is 12.1 Å². The summed E-state index contributed by atoms with van der Waals surface area (Å²) in [4.78, 5) is 0. The molecule has 16 heavy (non-hydrogen) atoms. The molecule has 0 saturated carbocycles. The van der Waals surface area contributed by atoms with E-state index in [-0.39, 0.29) is 11.5 Å². The number of hydrogen-bond acceptors (Lipinski definition) is 2. The van der Waals surface area contributed by atoms with Gasteiger partial charge in [-0.2, -0.15) is 0 Å². The second kappa shape index (κ2) is 4.10. The Bertz CT molecular complexity index is 354. The van der Waals surface area contributed by atoms with Crippen molar-refractivity contribution in [2.24, 2.45) is 5.41 Å². The van der Waals surface area contributed by atoms with Gasteiger partial charge in [-0.1, -0.05) is 32.9 Å². The Kier molecular flexibility index (Phi) is 2.94. The maximum Gasteiger partial charge on any atom is 0.118 e. The molecule has 0 aliphatic carbocycles. The van der Waals surface area contributed by atoms with Gasteiger partial charge in [-0.05, 0) is 24.1 Å². The van der Waals surface area contributed by atoms with Gasteiger partial charge >= 0.3 is 0 Å². The van der Waals surface area contributed by atoms with Crippen molar-refractivity contribution >= 4 is 0 Å². The molecule has 2 nitrogen and oxygen atoms in total. The number of rotatable bonds is 3. The lowest BCUT2D eigenvalue weighted by Gasteiger charge is -2.52. The van der Waals surface area contributed by atoms with Crippen LogP contribution in [0.5, 0.6) is 5.75 Å². The maximum atomic E-state index is 5.92. The molecule has 1 aliphatic heterocycles. The summed E-state index contributed by atoms with van der Waals surface area (Å²) < 4.78 is 11.1. The average molecular weight is 220 g/mol. The van der Waals surface area contributed by atoms with Crippen molar-refractivity contribution in [3.05, 3.63) is 29.8 Å². The summed E-state index contributed by atoms with van der Waals surface area (Å²) in [5, 5.41) is 0. The molecule has 0 bridgehead atoms. The standard InChI is InChI=1S/C14H20O2/c1-5-12-14(2,3)13(16-12)10-6-8-11(15-4)9-7-10/h6-9,12-13H,5H2,1-4H3. The van der Waals surface area contributed by atoms with E-state index in [9.17, 15) is 0 Å². The van der Waals surface area contributed by atoms with Crippen molar-refractivity contribution in [3.8, 4) is 5.75 Å². The number of benzene rings is 1. The number of ether oxygens (including phenoxy) is 2. The number of hydrogen-bond donors (Lipinski definition) is 0. The summed E-state index contributed by atoms with van der Waals surface area (Å²) in [7, 11) is 1.69. The number of methoxy groups -OCH3 is 1. The summed E-state index contributed by atoms with van der Waals surface area (Å²) in [5.41, 5.74) is 1.49. The van der Waals surface area contributed by atoms with Crippen molar-refractivity contribution in [2.75, 3.05) is 7.11 Å². The Morgan fingerprint density at radius 2 is 1.88 bits per heavy atom. The van der Waals surface area contributed by atoms with Crippen LogP contribution >= 0.6 is 0 Å². The zero-order chi connectivity index (χ0) is 11.8. The van der Waals surface area contributed by atoms with Crippen LogP contribution in [-0.2, 0) is 4.74 Å². The topological polar surface area (TPSA) is 18.5 Å². The molecule has 1 aliphatic rings. The molecular weight excluding hydrogens is 200 g/mol.